The molecule has 4 heteroatoms. The van der Waals surface area contributed by atoms with Crippen molar-refractivity contribution in [2.75, 3.05) is 20.2 Å². The van der Waals surface area contributed by atoms with Crippen LogP contribution in [0.25, 0.3) is 0 Å². The molecule has 1 saturated heterocycles. The Morgan fingerprint density at radius 3 is 2.67 bits per heavy atom. The third-order valence-electron chi connectivity index (χ3n) is 2.26. The maximum absolute atomic E-state index is 11.3. The molecule has 12 heavy (non-hydrogen) atoms. The van der Waals surface area contributed by atoms with E-state index in [0.717, 1.165) is 6.54 Å². The normalized spacial score (nSPS) is 25.2. The summed E-state index contributed by atoms with van der Waals surface area (Å²) >= 11 is 0. The van der Waals surface area contributed by atoms with E-state index >= 15 is 0 Å². The van der Waals surface area contributed by atoms with E-state index in [1.807, 2.05) is 13.8 Å². The minimum absolute atomic E-state index is 0.0214. The van der Waals surface area contributed by atoms with Crippen LogP contribution in [0, 0.1) is 0 Å². The van der Waals surface area contributed by atoms with E-state index in [1.165, 1.54) is 0 Å². The Kier molecular flexibility index (Phi) is 2.69. The second-order valence-corrected chi connectivity index (χ2v) is 3.49. The Bertz CT molecular complexity index is 180. The van der Waals surface area contributed by atoms with Crippen molar-refractivity contribution in [3.05, 3.63) is 0 Å². The number of methoxy groups -OCH3 is 1. The first kappa shape index (κ1) is 9.48. The van der Waals surface area contributed by atoms with Crippen molar-refractivity contribution in [1.82, 2.24) is 10.6 Å². The third kappa shape index (κ3) is 1.76. The molecule has 0 aliphatic carbocycles. The van der Waals surface area contributed by atoms with E-state index in [4.69, 9.17) is 4.74 Å². The SMILES string of the molecule is COC(C)(C)C1NCCNC1=O. The van der Waals surface area contributed by atoms with Crippen LogP contribution in [0.15, 0.2) is 0 Å². The van der Waals surface area contributed by atoms with Gasteiger partial charge in [0.05, 0.1) is 5.60 Å². The molecule has 0 aromatic carbocycles. The molecule has 1 aliphatic rings. The number of ether oxygens (including phenoxy) is 1. The molecule has 4 nitrogen and oxygen atoms in total. The molecule has 1 atom stereocenters. The van der Waals surface area contributed by atoms with Crippen molar-refractivity contribution in [2.24, 2.45) is 0 Å². The second-order valence-electron chi connectivity index (χ2n) is 3.49. The van der Waals surface area contributed by atoms with Gasteiger partial charge in [0.15, 0.2) is 0 Å². The van der Waals surface area contributed by atoms with Crippen LogP contribution < -0.4 is 10.6 Å². The largest absolute Gasteiger partial charge is 0.377 e. The van der Waals surface area contributed by atoms with Gasteiger partial charge in [0.1, 0.15) is 6.04 Å². The van der Waals surface area contributed by atoms with E-state index < -0.39 is 5.60 Å². The molecule has 0 radical (unpaired) electrons. The highest BCUT2D eigenvalue weighted by atomic mass is 16.5. The number of amides is 1. The van der Waals surface area contributed by atoms with Crippen molar-refractivity contribution in [3.8, 4) is 0 Å². The van der Waals surface area contributed by atoms with Crippen molar-refractivity contribution in [1.29, 1.82) is 0 Å². The standard InChI is InChI=1S/C8H16N2O2/c1-8(2,12-3)6-7(11)10-5-4-9-6/h6,9H,4-5H2,1-3H3,(H,10,11). The van der Waals surface area contributed by atoms with Crippen LogP contribution >= 0.6 is 0 Å². The zero-order chi connectivity index (χ0) is 9.19. The third-order valence-corrected chi connectivity index (χ3v) is 2.26. The number of carbonyl (C=O) groups excluding carboxylic acids is 1. The highest BCUT2D eigenvalue weighted by molar-refractivity contribution is 5.83. The predicted octanol–water partition coefficient (Wildman–Crippen LogP) is -0.501. The molecule has 2 N–H and O–H groups in total. The molecule has 0 aromatic rings. The number of carbonyl (C=O) groups is 1. The molecule has 1 unspecified atom stereocenters. The lowest BCUT2D eigenvalue weighted by Gasteiger charge is -2.35. The van der Waals surface area contributed by atoms with Crippen molar-refractivity contribution >= 4 is 5.91 Å². The molecular weight excluding hydrogens is 156 g/mol. The van der Waals surface area contributed by atoms with Crippen LogP contribution in [0.5, 0.6) is 0 Å². The molecular formula is C8H16N2O2. The predicted molar refractivity (Wildman–Crippen MR) is 45.9 cm³/mol. The molecule has 1 fully saturated rings. The first-order valence-corrected chi connectivity index (χ1v) is 4.14. The summed E-state index contributed by atoms with van der Waals surface area (Å²) in [6.07, 6.45) is 0. The fraction of sp³-hybridized carbons (Fsp3) is 0.875. The van der Waals surface area contributed by atoms with Crippen LogP contribution in [0.3, 0.4) is 0 Å². The zero-order valence-electron chi connectivity index (χ0n) is 7.81. The van der Waals surface area contributed by atoms with E-state index in [9.17, 15) is 4.79 Å². The quantitative estimate of drug-likeness (QED) is 0.590. The maximum atomic E-state index is 11.3. The summed E-state index contributed by atoms with van der Waals surface area (Å²) in [6, 6.07) is -0.240. The minimum Gasteiger partial charge on any atom is -0.377 e. The summed E-state index contributed by atoms with van der Waals surface area (Å²) < 4.78 is 5.22. The van der Waals surface area contributed by atoms with Gasteiger partial charge >= 0.3 is 0 Å². The number of piperazine rings is 1. The van der Waals surface area contributed by atoms with Crippen molar-refractivity contribution < 1.29 is 9.53 Å². The Morgan fingerprint density at radius 1 is 1.50 bits per heavy atom. The number of hydrogen-bond acceptors (Lipinski definition) is 3. The molecule has 0 spiro atoms. The summed E-state index contributed by atoms with van der Waals surface area (Å²) in [4.78, 5) is 11.3. The highest BCUT2D eigenvalue weighted by Crippen LogP contribution is 2.14. The Labute approximate surface area is 72.7 Å². The van der Waals surface area contributed by atoms with E-state index in [0.29, 0.717) is 6.54 Å². The highest BCUT2D eigenvalue weighted by Gasteiger charge is 2.36. The van der Waals surface area contributed by atoms with E-state index in [1.54, 1.807) is 7.11 Å². The molecule has 1 aliphatic heterocycles. The van der Waals surface area contributed by atoms with E-state index in [2.05, 4.69) is 10.6 Å². The molecule has 0 saturated carbocycles. The number of nitrogens with one attached hydrogen (secondary N) is 2. The molecule has 1 amide bonds. The van der Waals surface area contributed by atoms with Crippen LogP contribution in [0.2, 0.25) is 0 Å². The molecule has 1 heterocycles. The van der Waals surface area contributed by atoms with Gasteiger partial charge in [-0.2, -0.15) is 0 Å². The molecule has 0 bridgehead atoms. The monoisotopic (exact) mass is 172 g/mol. The van der Waals surface area contributed by atoms with Gasteiger partial charge in [0.25, 0.3) is 0 Å². The average molecular weight is 172 g/mol. The van der Waals surface area contributed by atoms with Gasteiger partial charge in [-0.15, -0.1) is 0 Å². The molecule has 0 aromatic heterocycles. The van der Waals surface area contributed by atoms with Gasteiger partial charge in [-0.1, -0.05) is 0 Å². The van der Waals surface area contributed by atoms with Crippen LogP contribution in [0.4, 0.5) is 0 Å². The van der Waals surface area contributed by atoms with Crippen molar-refractivity contribution in [2.45, 2.75) is 25.5 Å². The Morgan fingerprint density at radius 2 is 2.17 bits per heavy atom. The number of rotatable bonds is 2. The summed E-state index contributed by atoms with van der Waals surface area (Å²) in [5, 5.41) is 5.91. The average Bonchev–Trinajstić information content (AvgIpc) is 2.05. The van der Waals surface area contributed by atoms with Gasteiger partial charge in [-0.3, -0.25) is 4.79 Å². The fourth-order valence-corrected chi connectivity index (χ4v) is 1.28. The summed E-state index contributed by atoms with van der Waals surface area (Å²) in [5.74, 6) is 0.0214. The second kappa shape index (κ2) is 3.41. The fourth-order valence-electron chi connectivity index (χ4n) is 1.28. The van der Waals surface area contributed by atoms with Crippen molar-refractivity contribution in [3.63, 3.8) is 0 Å². The van der Waals surface area contributed by atoms with Gasteiger partial charge in [-0.25, -0.2) is 0 Å². The summed E-state index contributed by atoms with van der Waals surface area (Å²) in [6.45, 7) is 5.31. The number of hydrogen-bond donors (Lipinski definition) is 2. The molecule has 1 rings (SSSR count). The lowest BCUT2D eigenvalue weighted by Crippen LogP contribution is -2.62. The lowest BCUT2D eigenvalue weighted by atomic mass is 9.96. The topological polar surface area (TPSA) is 50.4 Å². The van der Waals surface area contributed by atoms with Gasteiger partial charge in [-0.05, 0) is 13.8 Å². The van der Waals surface area contributed by atoms with Gasteiger partial charge < -0.3 is 15.4 Å². The summed E-state index contributed by atoms with van der Waals surface area (Å²) in [7, 11) is 1.61. The van der Waals surface area contributed by atoms with Crippen LogP contribution in [0.1, 0.15) is 13.8 Å². The van der Waals surface area contributed by atoms with Gasteiger partial charge in [0, 0.05) is 20.2 Å². The Balaban J connectivity index is 2.65. The lowest BCUT2D eigenvalue weighted by molar-refractivity contribution is -0.132. The van der Waals surface area contributed by atoms with Crippen LogP contribution in [-0.4, -0.2) is 37.7 Å². The first-order valence-electron chi connectivity index (χ1n) is 4.14. The maximum Gasteiger partial charge on any atom is 0.240 e. The van der Waals surface area contributed by atoms with Crippen LogP contribution in [-0.2, 0) is 9.53 Å². The molecule has 70 valence electrons. The minimum atomic E-state index is -0.440. The first-order chi connectivity index (χ1) is 5.58. The smallest absolute Gasteiger partial charge is 0.240 e. The zero-order valence-corrected chi connectivity index (χ0v) is 7.81. The Hall–Kier alpha value is -0.610. The van der Waals surface area contributed by atoms with E-state index in [-0.39, 0.29) is 11.9 Å². The van der Waals surface area contributed by atoms with Gasteiger partial charge in [0.2, 0.25) is 5.91 Å². The summed E-state index contributed by atoms with van der Waals surface area (Å²) in [5.41, 5.74) is -0.440.